The van der Waals surface area contributed by atoms with Crippen LogP contribution in [0.15, 0.2) is 24.5 Å². The van der Waals surface area contributed by atoms with Gasteiger partial charge in [0, 0.05) is 30.3 Å². The third-order valence-electron chi connectivity index (χ3n) is 2.88. The van der Waals surface area contributed by atoms with Gasteiger partial charge >= 0.3 is 0 Å². The van der Waals surface area contributed by atoms with Crippen LogP contribution in [0.4, 0.5) is 0 Å². The van der Waals surface area contributed by atoms with Crippen LogP contribution in [0.1, 0.15) is 42.2 Å². The molecule has 18 heavy (non-hydrogen) atoms. The number of aliphatic hydroxyl groups excluding tert-OH is 1. The molecule has 1 atom stereocenters. The molecule has 0 aliphatic heterocycles. The van der Waals surface area contributed by atoms with Crippen LogP contribution in [0, 0.1) is 13.8 Å². The smallest absolute Gasteiger partial charge is 0.142 e. The van der Waals surface area contributed by atoms with Crippen LogP contribution in [0.25, 0.3) is 0 Å². The van der Waals surface area contributed by atoms with Crippen molar-refractivity contribution in [1.82, 2.24) is 14.5 Å². The predicted molar refractivity (Wildman–Crippen MR) is 70.3 cm³/mol. The largest absolute Gasteiger partial charge is 0.380 e. The zero-order chi connectivity index (χ0) is 13.1. The van der Waals surface area contributed by atoms with E-state index in [0.29, 0.717) is 5.82 Å². The van der Waals surface area contributed by atoms with Crippen molar-refractivity contribution in [1.29, 1.82) is 0 Å². The maximum absolute atomic E-state index is 10.4. The molecule has 0 aliphatic carbocycles. The van der Waals surface area contributed by atoms with E-state index in [-0.39, 0.29) is 0 Å². The summed E-state index contributed by atoms with van der Waals surface area (Å²) in [5.41, 5.74) is 2.68. The Morgan fingerprint density at radius 1 is 1.28 bits per heavy atom. The van der Waals surface area contributed by atoms with Crippen LogP contribution < -0.4 is 0 Å². The Balaban J connectivity index is 2.34. The summed E-state index contributed by atoms with van der Waals surface area (Å²) in [6, 6.07) is 3.81. The molecule has 0 spiro atoms. The first-order chi connectivity index (χ1) is 8.61. The molecule has 0 fully saturated rings. The minimum Gasteiger partial charge on any atom is -0.380 e. The number of nitrogens with zero attached hydrogens (tertiary/aromatic N) is 3. The van der Waals surface area contributed by atoms with Gasteiger partial charge < -0.3 is 9.67 Å². The first-order valence-electron chi connectivity index (χ1n) is 6.26. The van der Waals surface area contributed by atoms with Crippen LogP contribution in [-0.2, 0) is 6.54 Å². The molecule has 0 saturated carbocycles. The number of hydrogen-bond acceptors (Lipinski definition) is 3. The average Bonchev–Trinajstić information content (AvgIpc) is 2.75. The Morgan fingerprint density at radius 3 is 2.56 bits per heavy atom. The summed E-state index contributed by atoms with van der Waals surface area (Å²) in [5.74, 6) is 0.696. The molecule has 2 heterocycles. The Labute approximate surface area is 107 Å². The van der Waals surface area contributed by atoms with Crippen LogP contribution in [-0.4, -0.2) is 19.6 Å². The molecule has 0 bridgehead atoms. The number of aryl methyl sites for hydroxylation is 3. The Hall–Kier alpha value is -1.68. The summed E-state index contributed by atoms with van der Waals surface area (Å²) in [6.45, 7) is 6.84. The lowest BCUT2D eigenvalue weighted by molar-refractivity contribution is 0.204. The molecular formula is C14H19N3O. The number of aliphatic hydroxyl groups is 1. The zero-order valence-electron chi connectivity index (χ0n) is 11.1. The third kappa shape index (κ3) is 2.59. The van der Waals surface area contributed by atoms with Gasteiger partial charge in [0.15, 0.2) is 0 Å². The van der Waals surface area contributed by atoms with Gasteiger partial charge in [-0.15, -0.1) is 0 Å². The summed E-state index contributed by atoms with van der Waals surface area (Å²) in [5, 5.41) is 10.4. The lowest BCUT2D eigenvalue weighted by atomic mass is 10.1. The van der Waals surface area contributed by atoms with Crippen molar-refractivity contribution in [3.63, 3.8) is 0 Å². The fourth-order valence-electron chi connectivity index (χ4n) is 2.17. The summed E-state index contributed by atoms with van der Waals surface area (Å²) in [4.78, 5) is 8.58. The summed E-state index contributed by atoms with van der Waals surface area (Å²) in [6.07, 6.45) is 3.97. The summed E-state index contributed by atoms with van der Waals surface area (Å²) >= 11 is 0. The fourth-order valence-corrected chi connectivity index (χ4v) is 2.17. The van der Waals surface area contributed by atoms with Gasteiger partial charge in [-0.25, -0.2) is 4.98 Å². The minimum atomic E-state index is -0.688. The number of rotatable bonds is 4. The topological polar surface area (TPSA) is 50.9 Å². The van der Waals surface area contributed by atoms with Crippen LogP contribution in [0.3, 0.4) is 0 Å². The van der Waals surface area contributed by atoms with Gasteiger partial charge in [0.05, 0.1) is 0 Å². The maximum atomic E-state index is 10.4. The monoisotopic (exact) mass is 245 g/mol. The van der Waals surface area contributed by atoms with Gasteiger partial charge in [-0.05, 0) is 38.0 Å². The van der Waals surface area contributed by atoms with Gasteiger partial charge in [0.25, 0.3) is 0 Å². The average molecular weight is 245 g/mol. The van der Waals surface area contributed by atoms with Gasteiger partial charge in [0.2, 0.25) is 0 Å². The van der Waals surface area contributed by atoms with Gasteiger partial charge in [-0.1, -0.05) is 6.92 Å². The molecule has 1 unspecified atom stereocenters. The molecule has 0 radical (unpaired) electrons. The van der Waals surface area contributed by atoms with Crippen molar-refractivity contribution in [2.75, 3.05) is 0 Å². The normalized spacial score (nSPS) is 12.7. The van der Waals surface area contributed by atoms with E-state index in [9.17, 15) is 5.11 Å². The van der Waals surface area contributed by atoms with E-state index in [4.69, 9.17) is 0 Å². The highest BCUT2D eigenvalue weighted by Crippen LogP contribution is 2.21. The number of hydrogen-bond donors (Lipinski definition) is 1. The van der Waals surface area contributed by atoms with Gasteiger partial charge in [-0.2, -0.15) is 0 Å². The highest BCUT2D eigenvalue weighted by molar-refractivity contribution is 5.26. The first-order valence-corrected chi connectivity index (χ1v) is 6.26. The van der Waals surface area contributed by atoms with Gasteiger partial charge in [-0.3, -0.25) is 4.98 Å². The second kappa shape index (κ2) is 5.31. The van der Waals surface area contributed by atoms with E-state index in [1.165, 1.54) is 0 Å². The number of imidazole rings is 1. The molecule has 2 aromatic rings. The number of aromatic nitrogens is 3. The van der Waals surface area contributed by atoms with E-state index in [1.807, 2.05) is 36.7 Å². The molecule has 0 amide bonds. The quantitative estimate of drug-likeness (QED) is 0.899. The van der Waals surface area contributed by atoms with Gasteiger partial charge in [0.1, 0.15) is 11.9 Å². The van der Waals surface area contributed by atoms with E-state index in [1.54, 1.807) is 6.20 Å². The molecule has 2 rings (SSSR count). The van der Waals surface area contributed by atoms with E-state index in [2.05, 4.69) is 16.9 Å². The highest BCUT2D eigenvalue weighted by atomic mass is 16.3. The van der Waals surface area contributed by atoms with Crippen molar-refractivity contribution in [3.05, 3.63) is 47.3 Å². The zero-order valence-corrected chi connectivity index (χ0v) is 11.1. The van der Waals surface area contributed by atoms with Crippen molar-refractivity contribution < 1.29 is 5.11 Å². The van der Waals surface area contributed by atoms with E-state index in [0.717, 1.165) is 29.9 Å². The summed E-state index contributed by atoms with van der Waals surface area (Å²) < 4.78 is 2.00. The predicted octanol–water partition coefficient (Wildman–Crippen LogP) is 2.39. The molecule has 0 aliphatic rings. The molecule has 4 heteroatoms. The molecule has 96 valence electrons. The second-order valence-electron chi connectivity index (χ2n) is 4.56. The highest BCUT2D eigenvalue weighted by Gasteiger charge is 2.16. The third-order valence-corrected chi connectivity index (χ3v) is 2.88. The van der Waals surface area contributed by atoms with Crippen molar-refractivity contribution in [3.8, 4) is 0 Å². The van der Waals surface area contributed by atoms with Crippen molar-refractivity contribution in [2.24, 2.45) is 0 Å². The van der Waals surface area contributed by atoms with Crippen LogP contribution in [0.2, 0.25) is 0 Å². The Bertz CT molecular complexity index is 513. The Morgan fingerprint density at radius 2 is 1.94 bits per heavy atom. The van der Waals surface area contributed by atoms with E-state index < -0.39 is 6.10 Å². The lowest BCUT2D eigenvalue weighted by Crippen LogP contribution is -2.10. The second-order valence-corrected chi connectivity index (χ2v) is 4.56. The van der Waals surface area contributed by atoms with Crippen molar-refractivity contribution >= 4 is 0 Å². The minimum absolute atomic E-state index is 0.688. The molecule has 4 nitrogen and oxygen atoms in total. The number of pyridine rings is 1. The Kier molecular flexibility index (Phi) is 3.77. The molecule has 0 aromatic carbocycles. The molecule has 1 N–H and O–H groups in total. The van der Waals surface area contributed by atoms with Crippen LogP contribution in [0.5, 0.6) is 0 Å². The maximum Gasteiger partial charge on any atom is 0.142 e. The SMILES string of the molecule is CCCn1ccnc1C(O)c1cc(C)nc(C)c1. The van der Waals surface area contributed by atoms with Crippen molar-refractivity contribution in [2.45, 2.75) is 39.8 Å². The summed E-state index contributed by atoms with van der Waals surface area (Å²) in [7, 11) is 0. The molecular weight excluding hydrogens is 226 g/mol. The first kappa shape index (κ1) is 12.8. The molecule has 0 saturated heterocycles. The van der Waals surface area contributed by atoms with E-state index >= 15 is 0 Å². The fraction of sp³-hybridized carbons (Fsp3) is 0.429. The van der Waals surface area contributed by atoms with Crippen LogP contribution >= 0.6 is 0 Å². The standard InChI is InChI=1S/C14H19N3O/c1-4-6-17-7-5-15-14(17)13(18)12-8-10(2)16-11(3)9-12/h5,7-9,13,18H,4,6H2,1-3H3. The molecule has 2 aromatic heterocycles. The lowest BCUT2D eigenvalue weighted by Gasteiger charge is -2.14.